The summed E-state index contributed by atoms with van der Waals surface area (Å²) in [5.74, 6) is -0.257. The lowest BCUT2D eigenvalue weighted by atomic mass is 10.2. The summed E-state index contributed by atoms with van der Waals surface area (Å²) in [4.78, 5) is 12.1. The van der Waals surface area contributed by atoms with Crippen LogP contribution in [0.4, 0.5) is 0 Å². The van der Waals surface area contributed by atoms with Gasteiger partial charge in [-0.1, -0.05) is 0 Å². The molecule has 15 heavy (non-hydrogen) atoms. The van der Waals surface area contributed by atoms with Crippen LogP contribution in [0.3, 0.4) is 0 Å². The molecule has 0 aliphatic rings. The molecule has 0 saturated heterocycles. The van der Waals surface area contributed by atoms with Gasteiger partial charge in [-0.05, 0) is 29.1 Å². The molecule has 0 fully saturated rings. The Labute approximate surface area is 91.9 Å². The van der Waals surface area contributed by atoms with E-state index in [2.05, 4.69) is 0 Å². The van der Waals surface area contributed by atoms with E-state index in [1.165, 1.54) is 18.4 Å². The highest BCUT2D eigenvalue weighted by Gasteiger charge is 2.12. The Kier molecular flexibility index (Phi) is 2.87. The SMILES string of the molecule is COC(=O)c1sccc1Cn1cccc1. The van der Waals surface area contributed by atoms with Gasteiger partial charge in [0.1, 0.15) is 4.88 Å². The molecule has 0 unspecified atom stereocenters. The lowest BCUT2D eigenvalue weighted by Gasteiger charge is -2.03. The molecular weight excluding hydrogens is 210 g/mol. The fourth-order valence-electron chi connectivity index (χ4n) is 1.40. The molecule has 2 aromatic heterocycles. The maximum absolute atomic E-state index is 11.4. The van der Waals surface area contributed by atoms with Gasteiger partial charge in [-0.15, -0.1) is 11.3 Å². The first kappa shape index (κ1) is 9.98. The van der Waals surface area contributed by atoms with Crippen molar-refractivity contribution < 1.29 is 9.53 Å². The summed E-state index contributed by atoms with van der Waals surface area (Å²) < 4.78 is 6.74. The van der Waals surface area contributed by atoms with Gasteiger partial charge in [0.25, 0.3) is 0 Å². The normalized spacial score (nSPS) is 10.2. The number of esters is 1. The maximum Gasteiger partial charge on any atom is 0.348 e. The van der Waals surface area contributed by atoms with E-state index in [-0.39, 0.29) is 5.97 Å². The number of nitrogens with zero attached hydrogens (tertiary/aromatic N) is 1. The zero-order chi connectivity index (χ0) is 10.7. The van der Waals surface area contributed by atoms with Crippen LogP contribution in [-0.2, 0) is 11.3 Å². The van der Waals surface area contributed by atoms with E-state index in [4.69, 9.17) is 4.74 Å². The molecule has 0 amide bonds. The minimum Gasteiger partial charge on any atom is -0.465 e. The molecule has 0 bridgehead atoms. The van der Waals surface area contributed by atoms with Gasteiger partial charge in [-0.3, -0.25) is 0 Å². The summed E-state index contributed by atoms with van der Waals surface area (Å²) in [6, 6.07) is 5.88. The standard InChI is InChI=1S/C11H11NO2S/c1-14-11(13)10-9(4-7-15-10)8-12-5-2-3-6-12/h2-7H,8H2,1H3. The third kappa shape index (κ3) is 2.10. The Morgan fingerprint density at radius 3 is 2.87 bits per heavy atom. The zero-order valence-corrected chi connectivity index (χ0v) is 9.16. The second kappa shape index (κ2) is 4.31. The average Bonchev–Trinajstić information content (AvgIpc) is 2.88. The highest BCUT2D eigenvalue weighted by molar-refractivity contribution is 7.12. The Bertz CT molecular complexity index is 445. The third-order valence-corrected chi connectivity index (χ3v) is 3.07. The van der Waals surface area contributed by atoms with Crippen LogP contribution >= 0.6 is 11.3 Å². The number of carbonyl (C=O) groups is 1. The van der Waals surface area contributed by atoms with Crippen LogP contribution in [0.25, 0.3) is 0 Å². The molecule has 0 aliphatic heterocycles. The number of methoxy groups -OCH3 is 1. The van der Waals surface area contributed by atoms with Crippen molar-refractivity contribution in [1.82, 2.24) is 4.57 Å². The highest BCUT2D eigenvalue weighted by atomic mass is 32.1. The first-order valence-corrected chi connectivity index (χ1v) is 5.44. The van der Waals surface area contributed by atoms with Gasteiger partial charge in [-0.2, -0.15) is 0 Å². The molecule has 0 aliphatic carbocycles. The Morgan fingerprint density at radius 1 is 1.47 bits per heavy atom. The zero-order valence-electron chi connectivity index (χ0n) is 8.34. The van der Waals surface area contributed by atoms with Crippen molar-refractivity contribution in [2.45, 2.75) is 6.54 Å². The van der Waals surface area contributed by atoms with Gasteiger partial charge in [0, 0.05) is 18.9 Å². The van der Waals surface area contributed by atoms with E-state index in [1.807, 2.05) is 40.5 Å². The lowest BCUT2D eigenvalue weighted by Crippen LogP contribution is -2.04. The lowest BCUT2D eigenvalue weighted by molar-refractivity contribution is 0.0605. The first-order chi connectivity index (χ1) is 7.31. The Hall–Kier alpha value is -1.55. The first-order valence-electron chi connectivity index (χ1n) is 4.56. The van der Waals surface area contributed by atoms with Gasteiger partial charge >= 0.3 is 5.97 Å². The van der Waals surface area contributed by atoms with Crippen molar-refractivity contribution >= 4 is 17.3 Å². The molecule has 2 rings (SSSR count). The molecule has 0 spiro atoms. The minimum absolute atomic E-state index is 0.257. The number of aromatic nitrogens is 1. The van der Waals surface area contributed by atoms with E-state index in [0.29, 0.717) is 11.4 Å². The number of ether oxygens (including phenoxy) is 1. The van der Waals surface area contributed by atoms with E-state index in [9.17, 15) is 4.79 Å². The molecule has 0 N–H and O–H groups in total. The van der Waals surface area contributed by atoms with Gasteiger partial charge < -0.3 is 9.30 Å². The number of thiophene rings is 1. The summed E-state index contributed by atoms with van der Waals surface area (Å²) in [6.07, 6.45) is 3.94. The van der Waals surface area contributed by atoms with E-state index < -0.39 is 0 Å². The molecule has 0 radical (unpaired) electrons. The van der Waals surface area contributed by atoms with Crippen molar-refractivity contribution in [1.29, 1.82) is 0 Å². The smallest absolute Gasteiger partial charge is 0.348 e. The van der Waals surface area contributed by atoms with Crippen molar-refractivity contribution in [3.8, 4) is 0 Å². The quantitative estimate of drug-likeness (QED) is 0.745. The van der Waals surface area contributed by atoms with Crippen LogP contribution in [0.5, 0.6) is 0 Å². The van der Waals surface area contributed by atoms with Gasteiger partial charge in [0.2, 0.25) is 0 Å². The summed E-state index contributed by atoms with van der Waals surface area (Å²) >= 11 is 1.42. The number of carbonyl (C=O) groups excluding carboxylic acids is 1. The monoisotopic (exact) mass is 221 g/mol. The second-order valence-electron chi connectivity index (χ2n) is 3.12. The summed E-state index contributed by atoms with van der Waals surface area (Å²) in [5.41, 5.74) is 1.00. The average molecular weight is 221 g/mol. The fourth-order valence-corrected chi connectivity index (χ4v) is 2.24. The van der Waals surface area contributed by atoms with Crippen LogP contribution in [-0.4, -0.2) is 17.6 Å². The molecule has 0 atom stereocenters. The summed E-state index contributed by atoms with van der Waals surface area (Å²) in [5, 5.41) is 1.91. The van der Waals surface area contributed by atoms with Crippen molar-refractivity contribution in [3.63, 3.8) is 0 Å². The number of rotatable bonds is 3. The highest BCUT2D eigenvalue weighted by Crippen LogP contribution is 2.18. The molecule has 0 aromatic carbocycles. The molecule has 2 heterocycles. The fraction of sp³-hybridized carbons (Fsp3) is 0.182. The van der Waals surface area contributed by atoms with Crippen molar-refractivity contribution in [2.24, 2.45) is 0 Å². The predicted molar refractivity (Wildman–Crippen MR) is 59.2 cm³/mol. The largest absolute Gasteiger partial charge is 0.465 e. The molecular formula is C11H11NO2S. The third-order valence-electron chi connectivity index (χ3n) is 2.14. The minimum atomic E-state index is -0.257. The number of hydrogen-bond acceptors (Lipinski definition) is 3. The van der Waals surface area contributed by atoms with Gasteiger partial charge in [0.15, 0.2) is 0 Å². The molecule has 78 valence electrons. The van der Waals surface area contributed by atoms with E-state index >= 15 is 0 Å². The molecule has 3 nitrogen and oxygen atoms in total. The summed E-state index contributed by atoms with van der Waals surface area (Å²) in [6.45, 7) is 0.709. The van der Waals surface area contributed by atoms with Gasteiger partial charge in [-0.25, -0.2) is 4.79 Å². The number of hydrogen-bond donors (Lipinski definition) is 0. The maximum atomic E-state index is 11.4. The van der Waals surface area contributed by atoms with Crippen LogP contribution in [0.15, 0.2) is 36.0 Å². The molecule has 2 aromatic rings. The van der Waals surface area contributed by atoms with E-state index in [0.717, 1.165) is 5.56 Å². The predicted octanol–water partition coefficient (Wildman–Crippen LogP) is 2.38. The Morgan fingerprint density at radius 2 is 2.20 bits per heavy atom. The van der Waals surface area contributed by atoms with E-state index in [1.54, 1.807) is 0 Å². The topological polar surface area (TPSA) is 31.2 Å². The van der Waals surface area contributed by atoms with Crippen LogP contribution in [0.2, 0.25) is 0 Å². The Balaban J connectivity index is 2.22. The van der Waals surface area contributed by atoms with Crippen molar-refractivity contribution in [3.05, 3.63) is 46.4 Å². The van der Waals surface area contributed by atoms with Crippen LogP contribution < -0.4 is 0 Å². The molecule has 0 saturated carbocycles. The van der Waals surface area contributed by atoms with Crippen molar-refractivity contribution in [2.75, 3.05) is 7.11 Å². The molecule has 4 heteroatoms. The second-order valence-corrected chi connectivity index (χ2v) is 4.04. The van der Waals surface area contributed by atoms with Gasteiger partial charge in [0.05, 0.1) is 7.11 Å². The summed E-state index contributed by atoms with van der Waals surface area (Å²) in [7, 11) is 1.40. The van der Waals surface area contributed by atoms with Crippen LogP contribution in [0.1, 0.15) is 15.2 Å². The van der Waals surface area contributed by atoms with Crippen LogP contribution in [0, 0.1) is 0 Å².